The van der Waals surface area contributed by atoms with Gasteiger partial charge in [-0.05, 0) is 34.1 Å². The van der Waals surface area contributed by atoms with Crippen LogP contribution in [-0.4, -0.2) is 19.2 Å². The van der Waals surface area contributed by atoms with Gasteiger partial charge in [0.05, 0.1) is 0 Å². The number of nitrogens with one attached hydrogen (secondary N) is 1. The number of benzene rings is 2. The first-order valence-electron chi connectivity index (χ1n) is 8.54. The van der Waals surface area contributed by atoms with Gasteiger partial charge in [-0.15, -0.1) is 0 Å². The first-order valence-corrected chi connectivity index (χ1v) is 8.54. The van der Waals surface area contributed by atoms with Gasteiger partial charge in [0, 0.05) is 12.5 Å². The van der Waals surface area contributed by atoms with Crippen molar-refractivity contribution >= 4 is 6.09 Å². The van der Waals surface area contributed by atoms with E-state index in [0.29, 0.717) is 13.2 Å². The summed E-state index contributed by atoms with van der Waals surface area (Å²) < 4.78 is 5.50. The Hall–Kier alpha value is -2.29. The van der Waals surface area contributed by atoms with Crippen molar-refractivity contribution in [3.8, 4) is 11.1 Å². The number of ether oxygens (including phenoxy) is 1. The Morgan fingerprint density at radius 2 is 1.54 bits per heavy atom. The molecule has 0 fully saturated rings. The zero-order chi connectivity index (χ0) is 17.2. The summed E-state index contributed by atoms with van der Waals surface area (Å²) in [6, 6.07) is 16.7. The van der Waals surface area contributed by atoms with E-state index < -0.39 is 0 Å². The van der Waals surface area contributed by atoms with Crippen LogP contribution in [0.1, 0.15) is 44.2 Å². The molecule has 0 aromatic heterocycles. The van der Waals surface area contributed by atoms with E-state index >= 15 is 0 Å². The Labute approximate surface area is 144 Å². The average Bonchev–Trinajstić information content (AvgIpc) is 2.86. The molecule has 1 N–H and O–H groups in total. The quantitative estimate of drug-likeness (QED) is 0.863. The Morgan fingerprint density at radius 3 is 2.08 bits per heavy atom. The van der Waals surface area contributed by atoms with Crippen molar-refractivity contribution in [3.05, 3.63) is 59.7 Å². The molecule has 1 aliphatic carbocycles. The summed E-state index contributed by atoms with van der Waals surface area (Å²) in [4.78, 5) is 12.0. The number of hydrogen-bond donors (Lipinski definition) is 1. The lowest BCUT2D eigenvalue weighted by molar-refractivity contribution is 0.142. The predicted molar refractivity (Wildman–Crippen MR) is 97.1 cm³/mol. The van der Waals surface area contributed by atoms with Crippen LogP contribution >= 0.6 is 0 Å². The fourth-order valence-electron chi connectivity index (χ4n) is 3.19. The third-order valence-corrected chi connectivity index (χ3v) is 4.49. The summed E-state index contributed by atoms with van der Waals surface area (Å²) in [6.45, 7) is 7.49. The second-order valence-electron chi connectivity index (χ2n) is 7.56. The van der Waals surface area contributed by atoms with Crippen LogP contribution in [0.3, 0.4) is 0 Å². The molecule has 0 saturated heterocycles. The molecule has 1 aliphatic rings. The van der Waals surface area contributed by atoms with Gasteiger partial charge in [-0.3, -0.25) is 0 Å². The maximum atomic E-state index is 12.0. The fourth-order valence-corrected chi connectivity index (χ4v) is 3.19. The van der Waals surface area contributed by atoms with E-state index in [4.69, 9.17) is 4.74 Å². The molecule has 1 amide bonds. The minimum absolute atomic E-state index is 0.116. The summed E-state index contributed by atoms with van der Waals surface area (Å²) in [7, 11) is 0. The molecular formula is C21H25NO2. The van der Waals surface area contributed by atoms with Gasteiger partial charge in [0.15, 0.2) is 0 Å². The van der Waals surface area contributed by atoms with Gasteiger partial charge in [-0.2, -0.15) is 0 Å². The normalized spacial score (nSPS) is 13.3. The monoisotopic (exact) mass is 323 g/mol. The highest BCUT2D eigenvalue weighted by Gasteiger charge is 2.28. The zero-order valence-corrected chi connectivity index (χ0v) is 14.6. The fraction of sp³-hybridized carbons (Fsp3) is 0.381. The molecule has 3 heteroatoms. The number of amides is 1. The third kappa shape index (κ3) is 3.61. The molecule has 2 aromatic carbocycles. The summed E-state index contributed by atoms with van der Waals surface area (Å²) in [6.07, 6.45) is 0.595. The van der Waals surface area contributed by atoms with E-state index in [2.05, 4.69) is 62.5 Å². The van der Waals surface area contributed by atoms with Gasteiger partial charge in [0.1, 0.15) is 6.61 Å². The molecule has 0 radical (unpaired) electrons. The summed E-state index contributed by atoms with van der Waals surface area (Å²) in [5.41, 5.74) is 5.17. The van der Waals surface area contributed by atoms with Crippen molar-refractivity contribution in [3.63, 3.8) is 0 Å². The third-order valence-electron chi connectivity index (χ3n) is 4.49. The van der Waals surface area contributed by atoms with Crippen molar-refractivity contribution in [2.75, 3.05) is 13.2 Å². The molecule has 0 atom stereocenters. The van der Waals surface area contributed by atoms with Gasteiger partial charge in [-0.25, -0.2) is 4.79 Å². The SMILES string of the molecule is CC(C)(C)CCNC(=O)OCC1c2ccccc2-c2ccccc21. The first-order chi connectivity index (χ1) is 11.5. The number of hydrogen-bond acceptors (Lipinski definition) is 2. The van der Waals surface area contributed by atoms with E-state index in [0.717, 1.165) is 6.42 Å². The lowest BCUT2D eigenvalue weighted by Crippen LogP contribution is -2.29. The number of fused-ring (bicyclic) bond motifs is 3. The van der Waals surface area contributed by atoms with Crippen LogP contribution in [0.4, 0.5) is 4.79 Å². The molecule has 0 saturated carbocycles. The van der Waals surface area contributed by atoms with Crippen LogP contribution in [0.5, 0.6) is 0 Å². The van der Waals surface area contributed by atoms with E-state index in [1.54, 1.807) is 0 Å². The molecule has 0 spiro atoms. The van der Waals surface area contributed by atoms with Crippen molar-refractivity contribution in [1.82, 2.24) is 5.32 Å². The van der Waals surface area contributed by atoms with E-state index in [9.17, 15) is 4.79 Å². The molecule has 126 valence electrons. The highest BCUT2D eigenvalue weighted by atomic mass is 16.5. The summed E-state index contributed by atoms with van der Waals surface area (Å²) in [5.74, 6) is 0.116. The number of carbonyl (C=O) groups excluding carboxylic acids is 1. The first kappa shape index (κ1) is 16.6. The van der Waals surface area contributed by atoms with Crippen molar-refractivity contribution in [2.45, 2.75) is 33.1 Å². The minimum Gasteiger partial charge on any atom is -0.449 e. The van der Waals surface area contributed by atoms with Crippen molar-refractivity contribution < 1.29 is 9.53 Å². The molecule has 0 heterocycles. The predicted octanol–water partition coefficient (Wildman–Crippen LogP) is 4.96. The molecule has 0 bridgehead atoms. The molecule has 3 rings (SSSR count). The van der Waals surface area contributed by atoms with Crippen molar-refractivity contribution in [1.29, 1.82) is 0 Å². The van der Waals surface area contributed by atoms with Crippen LogP contribution in [0, 0.1) is 5.41 Å². The van der Waals surface area contributed by atoms with E-state index in [1.165, 1.54) is 22.3 Å². The van der Waals surface area contributed by atoms with Gasteiger partial charge >= 0.3 is 6.09 Å². The Bertz CT molecular complexity index is 685. The topological polar surface area (TPSA) is 38.3 Å². The summed E-state index contributed by atoms with van der Waals surface area (Å²) >= 11 is 0. The molecule has 0 aliphatic heterocycles. The van der Waals surface area contributed by atoms with Crippen LogP contribution < -0.4 is 5.32 Å². The lowest BCUT2D eigenvalue weighted by Gasteiger charge is -2.18. The molecular weight excluding hydrogens is 298 g/mol. The number of rotatable bonds is 4. The van der Waals surface area contributed by atoms with Crippen LogP contribution in [-0.2, 0) is 4.74 Å². The van der Waals surface area contributed by atoms with Gasteiger partial charge in [-0.1, -0.05) is 69.3 Å². The average molecular weight is 323 g/mol. The zero-order valence-electron chi connectivity index (χ0n) is 14.6. The van der Waals surface area contributed by atoms with Gasteiger partial charge in [0.2, 0.25) is 0 Å². The molecule has 24 heavy (non-hydrogen) atoms. The second kappa shape index (κ2) is 6.68. The number of carbonyl (C=O) groups is 1. The van der Waals surface area contributed by atoms with Gasteiger partial charge in [0.25, 0.3) is 0 Å². The van der Waals surface area contributed by atoms with Crippen LogP contribution in [0.25, 0.3) is 11.1 Å². The molecule has 0 unspecified atom stereocenters. The smallest absolute Gasteiger partial charge is 0.407 e. The van der Waals surface area contributed by atoms with Gasteiger partial charge < -0.3 is 10.1 Å². The second-order valence-corrected chi connectivity index (χ2v) is 7.56. The lowest BCUT2D eigenvalue weighted by atomic mass is 9.92. The minimum atomic E-state index is -0.332. The van der Waals surface area contributed by atoms with Crippen LogP contribution in [0.2, 0.25) is 0 Å². The van der Waals surface area contributed by atoms with E-state index in [1.807, 2.05) is 12.1 Å². The van der Waals surface area contributed by atoms with Crippen molar-refractivity contribution in [2.24, 2.45) is 5.41 Å². The maximum Gasteiger partial charge on any atom is 0.407 e. The Balaban J connectivity index is 1.64. The highest BCUT2D eigenvalue weighted by molar-refractivity contribution is 5.79. The largest absolute Gasteiger partial charge is 0.449 e. The summed E-state index contributed by atoms with van der Waals surface area (Å²) in [5, 5.41) is 2.85. The highest BCUT2D eigenvalue weighted by Crippen LogP contribution is 2.44. The van der Waals surface area contributed by atoms with Crippen LogP contribution in [0.15, 0.2) is 48.5 Å². The Morgan fingerprint density at radius 1 is 1.00 bits per heavy atom. The maximum absolute atomic E-state index is 12.0. The molecule has 2 aromatic rings. The standard InChI is InChI=1S/C21H25NO2/c1-21(2,3)12-13-22-20(23)24-14-19-17-10-6-4-8-15(17)16-9-5-7-11-18(16)19/h4-11,19H,12-14H2,1-3H3,(H,22,23). The van der Waals surface area contributed by atoms with E-state index in [-0.39, 0.29) is 17.4 Å². The molecule has 3 nitrogen and oxygen atoms in total. The Kier molecular flexibility index (Phi) is 4.61. The number of alkyl carbamates (subject to hydrolysis) is 1.